The van der Waals surface area contributed by atoms with E-state index in [9.17, 15) is 37.5 Å². The molecule has 1 aromatic heterocycles. The number of carbonyl (C=O) groups is 4. The molecular formula is C37H30ClF3N4O6. The number of hydrogen-bond acceptors (Lipinski definition) is 8. The SMILES string of the molecule is CN(c1nc(C(F)(F)F)ccc1Cl)N1C(=O)[C@H]2[C@H](CC=C3[C@H](C4=COc5ccc(O)cc5C4)[C@]4(C)C(=O)N(c5ccccc5)C(=O)[C@@H]4C[C@H]32)C1=O. The molecule has 3 fully saturated rings. The molecule has 4 amide bonds. The van der Waals surface area contributed by atoms with Crippen LogP contribution in [0.4, 0.5) is 24.7 Å². The number of allylic oxidation sites excluding steroid dienone is 3. The van der Waals surface area contributed by atoms with E-state index in [1.54, 1.807) is 55.7 Å². The molecule has 14 heteroatoms. The van der Waals surface area contributed by atoms with Crippen molar-refractivity contribution < 1.29 is 42.2 Å². The van der Waals surface area contributed by atoms with Crippen molar-refractivity contribution in [2.75, 3.05) is 17.0 Å². The van der Waals surface area contributed by atoms with Crippen molar-refractivity contribution in [1.82, 2.24) is 9.99 Å². The van der Waals surface area contributed by atoms with E-state index in [4.69, 9.17) is 16.3 Å². The molecule has 1 N–H and O–H groups in total. The fourth-order valence-corrected chi connectivity index (χ4v) is 9.09. The van der Waals surface area contributed by atoms with Gasteiger partial charge in [0.2, 0.25) is 11.8 Å². The molecule has 2 aromatic carbocycles. The predicted octanol–water partition coefficient (Wildman–Crippen LogP) is 6.09. The molecule has 6 atom stereocenters. The first-order chi connectivity index (χ1) is 24.2. The zero-order valence-electron chi connectivity index (χ0n) is 27.2. The van der Waals surface area contributed by atoms with Crippen LogP contribution in [-0.4, -0.2) is 45.8 Å². The Hall–Kier alpha value is -5.17. The number of aromatic hydroxyl groups is 1. The molecule has 0 unspecified atom stereocenters. The smallest absolute Gasteiger partial charge is 0.433 e. The molecule has 10 nitrogen and oxygen atoms in total. The highest BCUT2D eigenvalue weighted by Crippen LogP contribution is 2.63. The Kier molecular flexibility index (Phi) is 7.39. The minimum Gasteiger partial charge on any atom is -0.508 e. The first-order valence-corrected chi connectivity index (χ1v) is 16.8. The number of benzene rings is 2. The number of phenols is 1. The number of phenolic OH excluding ortho intramolecular Hbond substituents is 1. The van der Waals surface area contributed by atoms with Crippen LogP contribution in [0.2, 0.25) is 5.02 Å². The second-order valence-electron chi connectivity index (χ2n) is 13.8. The third-order valence-electron chi connectivity index (χ3n) is 11.1. The minimum atomic E-state index is -4.80. The van der Waals surface area contributed by atoms with E-state index in [-0.39, 0.29) is 30.0 Å². The molecule has 51 heavy (non-hydrogen) atoms. The number of para-hydroxylation sites is 1. The average Bonchev–Trinajstić information content (AvgIpc) is 3.47. The molecule has 0 bridgehead atoms. The van der Waals surface area contributed by atoms with Crippen molar-refractivity contribution in [1.29, 1.82) is 0 Å². The Bertz CT molecular complexity index is 2100. The first-order valence-electron chi connectivity index (χ1n) is 16.4. The standard InChI is InChI=1S/C37H30ClF3N4O6/c1-36-25(33(48)44(35(36)50)20-6-4-3-5-7-20)16-24-22(30(36)19-14-18-15-21(46)8-12-27(18)51-17-19)9-10-23-29(24)34(49)45(32(23)47)43(2)31-26(38)11-13-28(42-31)37(39,40)41/h3-9,11-13,15,17,23-25,29-30,46H,10,14,16H2,1-2H3/t23-,24+,25-,29-,30-,36+/m0/s1. The molecule has 2 saturated heterocycles. The molecule has 1 saturated carbocycles. The zero-order chi connectivity index (χ0) is 36.1. The third kappa shape index (κ3) is 4.80. The summed E-state index contributed by atoms with van der Waals surface area (Å²) in [5.41, 5.74) is -0.0862. The number of hydrazine groups is 1. The van der Waals surface area contributed by atoms with Gasteiger partial charge in [-0.15, -0.1) is 0 Å². The Morgan fingerprint density at radius 1 is 1.00 bits per heavy atom. The number of halogens is 4. The largest absolute Gasteiger partial charge is 0.508 e. The Morgan fingerprint density at radius 2 is 1.75 bits per heavy atom. The maximum atomic E-state index is 14.6. The number of aromatic nitrogens is 1. The van der Waals surface area contributed by atoms with Crippen molar-refractivity contribution in [3.63, 3.8) is 0 Å². The Labute approximate surface area is 294 Å². The summed E-state index contributed by atoms with van der Waals surface area (Å²) < 4.78 is 46.8. The van der Waals surface area contributed by atoms with E-state index in [1.165, 1.54) is 18.0 Å². The van der Waals surface area contributed by atoms with Crippen LogP contribution in [0.3, 0.4) is 0 Å². The molecule has 2 aliphatic carbocycles. The van der Waals surface area contributed by atoms with E-state index < -0.39 is 76.3 Å². The van der Waals surface area contributed by atoms with Gasteiger partial charge in [-0.25, -0.2) is 9.88 Å². The number of hydrogen-bond donors (Lipinski definition) is 1. The number of fused-ring (bicyclic) bond motifs is 5. The van der Waals surface area contributed by atoms with Gasteiger partial charge in [0.05, 0.1) is 40.1 Å². The number of amides is 4. The molecule has 0 radical (unpaired) electrons. The van der Waals surface area contributed by atoms with Gasteiger partial charge >= 0.3 is 6.18 Å². The van der Waals surface area contributed by atoms with Crippen LogP contribution >= 0.6 is 11.6 Å². The van der Waals surface area contributed by atoms with Gasteiger partial charge in [-0.05, 0) is 73.7 Å². The highest BCUT2D eigenvalue weighted by molar-refractivity contribution is 6.33. The number of carbonyl (C=O) groups excluding carboxylic acids is 4. The monoisotopic (exact) mass is 718 g/mol. The molecule has 3 aliphatic heterocycles. The highest BCUT2D eigenvalue weighted by atomic mass is 35.5. The zero-order valence-corrected chi connectivity index (χ0v) is 28.0. The third-order valence-corrected chi connectivity index (χ3v) is 11.4. The predicted molar refractivity (Wildman–Crippen MR) is 177 cm³/mol. The molecular weight excluding hydrogens is 689 g/mol. The summed E-state index contributed by atoms with van der Waals surface area (Å²) in [5, 5.41) is 11.8. The average molecular weight is 719 g/mol. The number of nitrogens with zero attached hydrogens (tertiary/aromatic N) is 4. The number of anilines is 2. The van der Waals surface area contributed by atoms with Gasteiger partial charge in [0.25, 0.3) is 11.8 Å². The number of ether oxygens (including phenoxy) is 1. The molecule has 262 valence electrons. The first kappa shape index (κ1) is 33.0. The van der Waals surface area contributed by atoms with Gasteiger partial charge in [0.1, 0.15) is 17.2 Å². The van der Waals surface area contributed by atoms with Crippen LogP contribution in [-0.2, 0) is 31.8 Å². The lowest BCUT2D eigenvalue weighted by molar-refractivity contribution is -0.141. The summed E-state index contributed by atoms with van der Waals surface area (Å²) in [6.07, 6.45) is -0.896. The van der Waals surface area contributed by atoms with E-state index in [0.29, 0.717) is 34.2 Å². The second kappa shape index (κ2) is 11.4. The van der Waals surface area contributed by atoms with Crippen LogP contribution in [0, 0.1) is 35.0 Å². The summed E-state index contributed by atoms with van der Waals surface area (Å²) in [7, 11) is 1.25. The lowest BCUT2D eigenvalue weighted by Gasteiger charge is -2.49. The number of alkyl halides is 3. The van der Waals surface area contributed by atoms with Gasteiger partial charge in [-0.3, -0.25) is 24.2 Å². The van der Waals surface area contributed by atoms with E-state index in [0.717, 1.165) is 16.1 Å². The molecule has 8 rings (SSSR count). The van der Waals surface area contributed by atoms with Crippen molar-refractivity contribution in [3.8, 4) is 11.5 Å². The molecule has 3 aromatic rings. The Morgan fingerprint density at radius 3 is 2.47 bits per heavy atom. The van der Waals surface area contributed by atoms with Crippen LogP contribution in [0.1, 0.15) is 31.0 Å². The van der Waals surface area contributed by atoms with Gasteiger partial charge in [-0.2, -0.15) is 18.2 Å². The fourth-order valence-electron chi connectivity index (χ4n) is 8.86. The molecule has 0 spiro atoms. The van der Waals surface area contributed by atoms with Gasteiger partial charge in [0.15, 0.2) is 5.82 Å². The van der Waals surface area contributed by atoms with Gasteiger partial charge in [-0.1, -0.05) is 41.4 Å². The summed E-state index contributed by atoms with van der Waals surface area (Å²) in [4.78, 5) is 62.2. The van der Waals surface area contributed by atoms with E-state index >= 15 is 0 Å². The van der Waals surface area contributed by atoms with Crippen molar-refractivity contribution in [2.24, 2.45) is 35.0 Å². The minimum absolute atomic E-state index is 0.0287. The van der Waals surface area contributed by atoms with Crippen molar-refractivity contribution >= 4 is 46.7 Å². The molecule has 4 heterocycles. The highest BCUT2D eigenvalue weighted by Gasteiger charge is 2.68. The van der Waals surface area contributed by atoms with Crippen molar-refractivity contribution in [2.45, 2.75) is 32.4 Å². The number of rotatable bonds is 4. The van der Waals surface area contributed by atoms with Crippen LogP contribution in [0.15, 0.2) is 84.1 Å². The lowest BCUT2D eigenvalue weighted by Crippen LogP contribution is -2.51. The van der Waals surface area contributed by atoms with E-state index in [2.05, 4.69) is 4.98 Å². The number of imide groups is 2. The fraction of sp³-hybridized carbons (Fsp3) is 0.324. The van der Waals surface area contributed by atoms with Crippen molar-refractivity contribution in [3.05, 3.63) is 100 Å². The summed E-state index contributed by atoms with van der Waals surface area (Å²) in [6.45, 7) is 1.76. The van der Waals surface area contributed by atoms with Crippen LogP contribution in [0.25, 0.3) is 0 Å². The quantitative estimate of drug-likeness (QED) is 0.254. The normalized spacial score (nSPS) is 28.4. The lowest BCUT2D eigenvalue weighted by atomic mass is 9.51. The second-order valence-corrected chi connectivity index (χ2v) is 14.2. The van der Waals surface area contributed by atoms with Crippen LogP contribution in [0.5, 0.6) is 11.5 Å². The molecule has 5 aliphatic rings. The topological polar surface area (TPSA) is 120 Å². The summed E-state index contributed by atoms with van der Waals surface area (Å²) in [5.74, 6) is -6.15. The maximum Gasteiger partial charge on any atom is 0.433 e. The number of pyridine rings is 1. The van der Waals surface area contributed by atoms with Crippen LogP contribution < -0.4 is 14.6 Å². The maximum absolute atomic E-state index is 14.6. The summed E-state index contributed by atoms with van der Waals surface area (Å²) in [6, 6.07) is 15.0. The van der Waals surface area contributed by atoms with Gasteiger partial charge in [0, 0.05) is 24.9 Å². The van der Waals surface area contributed by atoms with Gasteiger partial charge < -0.3 is 9.84 Å². The van der Waals surface area contributed by atoms with E-state index in [1.807, 2.05) is 6.08 Å². The summed E-state index contributed by atoms with van der Waals surface area (Å²) >= 11 is 6.26. The Balaban J connectivity index is 1.21.